The van der Waals surface area contributed by atoms with E-state index in [2.05, 4.69) is 0 Å². The maximum atomic E-state index is 6.06. The third-order valence-corrected chi connectivity index (χ3v) is 5.62. The van der Waals surface area contributed by atoms with Gasteiger partial charge in [0.05, 0.1) is 30.1 Å². The van der Waals surface area contributed by atoms with E-state index >= 15 is 0 Å². The van der Waals surface area contributed by atoms with E-state index in [1.165, 1.54) is 12.1 Å². The van der Waals surface area contributed by atoms with Crippen molar-refractivity contribution in [2.75, 3.05) is 0 Å². The van der Waals surface area contributed by atoms with E-state index in [4.69, 9.17) is 97.5 Å². The number of hydrogen-bond acceptors (Lipinski definition) is 1. The Kier molecular flexibility index (Phi) is 5.96. The summed E-state index contributed by atoms with van der Waals surface area (Å²) in [5.41, 5.74) is 0. The third kappa shape index (κ3) is 3.57. The molecule has 1 nitrogen and oxygen atoms in total. The van der Waals surface area contributed by atoms with Crippen LogP contribution in [0.5, 0.6) is 11.5 Å². The van der Waals surface area contributed by atoms with Gasteiger partial charge in [-0.15, -0.1) is 0 Å². The average Bonchev–Trinajstić information content (AvgIpc) is 2.44. The van der Waals surface area contributed by atoms with E-state index in [-0.39, 0.29) is 51.7 Å². The summed E-state index contributed by atoms with van der Waals surface area (Å²) in [6, 6.07) is 2.83. The van der Waals surface area contributed by atoms with Crippen LogP contribution in [0.15, 0.2) is 12.1 Å². The second kappa shape index (κ2) is 6.98. The molecule has 0 spiro atoms. The van der Waals surface area contributed by atoms with Crippen molar-refractivity contribution in [3.63, 3.8) is 0 Å². The van der Waals surface area contributed by atoms with Gasteiger partial charge in [-0.05, 0) is 6.07 Å². The van der Waals surface area contributed by atoms with Crippen LogP contribution in [-0.2, 0) is 0 Å². The summed E-state index contributed by atoms with van der Waals surface area (Å²) in [5, 5.41) is 0.779. The SMILES string of the molecule is Clc1cc(Cl)c(Oc2c(Cl)c(Cl)c(Cl)c(Cl)c2Cl)cc1Cl. The molecule has 2 aromatic carbocycles. The Morgan fingerprint density at radius 1 is 0.524 bits per heavy atom. The molecule has 21 heavy (non-hydrogen) atoms. The van der Waals surface area contributed by atoms with Crippen molar-refractivity contribution >= 4 is 92.8 Å². The number of benzene rings is 2. The van der Waals surface area contributed by atoms with Crippen LogP contribution in [0.4, 0.5) is 0 Å². The number of ether oxygens (including phenoxy) is 1. The Bertz CT molecular complexity index is 699. The van der Waals surface area contributed by atoms with Crippen molar-refractivity contribution in [2.45, 2.75) is 0 Å². The zero-order valence-corrected chi connectivity index (χ0v) is 15.6. The van der Waals surface area contributed by atoms with Gasteiger partial charge in [0.1, 0.15) is 15.8 Å². The van der Waals surface area contributed by atoms with Crippen molar-refractivity contribution in [3.05, 3.63) is 52.3 Å². The van der Waals surface area contributed by atoms with E-state index in [0.717, 1.165) is 0 Å². The largest absolute Gasteiger partial charge is 0.452 e. The van der Waals surface area contributed by atoms with E-state index in [9.17, 15) is 0 Å². The number of rotatable bonds is 2. The molecule has 0 unspecified atom stereocenters. The van der Waals surface area contributed by atoms with Crippen LogP contribution in [0, 0.1) is 0 Å². The molecule has 0 N–H and O–H groups in total. The highest BCUT2D eigenvalue weighted by Crippen LogP contribution is 2.50. The molecular weight excluding hydrogens is 444 g/mol. The molecule has 0 amide bonds. The number of hydrogen-bond donors (Lipinski definition) is 0. The van der Waals surface area contributed by atoms with Gasteiger partial charge in [0.2, 0.25) is 0 Å². The molecule has 0 aliphatic carbocycles. The fraction of sp³-hybridized carbons (Fsp3) is 0. The molecule has 2 rings (SSSR count). The number of halogens is 8. The Morgan fingerprint density at radius 2 is 0.952 bits per heavy atom. The van der Waals surface area contributed by atoms with E-state index < -0.39 is 0 Å². The van der Waals surface area contributed by atoms with Crippen LogP contribution in [0.25, 0.3) is 0 Å². The van der Waals surface area contributed by atoms with Crippen molar-refractivity contribution in [2.24, 2.45) is 0 Å². The van der Waals surface area contributed by atoms with Gasteiger partial charge in [0.25, 0.3) is 0 Å². The van der Waals surface area contributed by atoms with Gasteiger partial charge in [-0.1, -0.05) is 92.8 Å². The van der Waals surface area contributed by atoms with Gasteiger partial charge in [-0.3, -0.25) is 0 Å². The van der Waals surface area contributed by atoms with Crippen LogP contribution in [0.2, 0.25) is 40.2 Å². The van der Waals surface area contributed by atoms with Crippen molar-refractivity contribution in [3.8, 4) is 11.5 Å². The molecule has 0 saturated carbocycles. The maximum Gasteiger partial charge on any atom is 0.167 e. The molecule has 0 aliphatic rings. The Morgan fingerprint density at radius 3 is 1.48 bits per heavy atom. The fourth-order valence-corrected chi connectivity index (χ4v) is 3.14. The van der Waals surface area contributed by atoms with E-state index in [0.29, 0.717) is 0 Å². The van der Waals surface area contributed by atoms with Crippen molar-refractivity contribution in [1.82, 2.24) is 0 Å². The minimum Gasteiger partial charge on any atom is -0.452 e. The smallest absolute Gasteiger partial charge is 0.167 e. The first kappa shape index (κ1) is 17.9. The molecule has 0 heterocycles. The minimum atomic E-state index is -0.00166. The molecule has 0 atom stereocenters. The van der Waals surface area contributed by atoms with Crippen molar-refractivity contribution in [1.29, 1.82) is 0 Å². The normalized spacial score (nSPS) is 10.9. The quantitative estimate of drug-likeness (QED) is 0.332. The molecule has 0 aliphatic heterocycles. The fourth-order valence-electron chi connectivity index (χ4n) is 1.37. The lowest BCUT2D eigenvalue weighted by atomic mass is 10.3. The van der Waals surface area contributed by atoms with Crippen LogP contribution >= 0.6 is 92.8 Å². The van der Waals surface area contributed by atoms with Crippen LogP contribution < -0.4 is 4.74 Å². The highest BCUT2D eigenvalue weighted by molar-refractivity contribution is 6.55. The lowest BCUT2D eigenvalue weighted by molar-refractivity contribution is 0.483. The topological polar surface area (TPSA) is 9.23 Å². The van der Waals surface area contributed by atoms with Gasteiger partial charge in [-0.2, -0.15) is 0 Å². The maximum absolute atomic E-state index is 6.06. The van der Waals surface area contributed by atoms with Crippen LogP contribution in [-0.4, -0.2) is 0 Å². The highest BCUT2D eigenvalue weighted by atomic mass is 35.5. The predicted molar refractivity (Wildman–Crippen MR) is 93.0 cm³/mol. The van der Waals surface area contributed by atoms with E-state index in [1.54, 1.807) is 0 Å². The molecule has 0 bridgehead atoms. The lowest BCUT2D eigenvalue weighted by Gasteiger charge is -2.14. The van der Waals surface area contributed by atoms with E-state index in [1.807, 2.05) is 0 Å². The average molecular weight is 446 g/mol. The highest BCUT2D eigenvalue weighted by Gasteiger charge is 2.22. The van der Waals surface area contributed by atoms with Crippen LogP contribution in [0.1, 0.15) is 0 Å². The first-order valence-corrected chi connectivity index (χ1v) is 8.10. The van der Waals surface area contributed by atoms with Gasteiger partial charge in [0, 0.05) is 6.07 Å². The summed E-state index contributed by atoms with van der Waals surface area (Å²) < 4.78 is 5.56. The molecule has 112 valence electrons. The monoisotopic (exact) mass is 442 g/mol. The molecule has 0 saturated heterocycles. The Balaban J connectivity index is 2.58. The molecule has 0 radical (unpaired) electrons. The molecular formula is C12H2Cl8O. The molecule has 9 heteroatoms. The van der Waals surface area contributed by atoms with Gasteiger partial charge < -0.3 is 4.74 Å². The second-order valence-electron chi connectivity index (χ2n) is 3.70. The molecule has 2 aromatic rings. The predicted octanol–water partition coefficient (Wildman–Crippen LogP) is 8.71. The summed E-state index contributed by atoms with van der Waals surface area (Å²) in [6.45, 7) is 0. The summed E-state index contributed by atoms with van der Waals surface area (Å²) in [7, 11) is 0. The minimum absolute atomic E-state index is 0.00166. The van der Waals surface area contributed by atoms with Gasteiger partial charge in [-0.25, -0.2) is 0 Å². The zero-order chi connectivity index (χ0) is 15.9. The third-order valence-electron chi connectivity index (χ3n) is 2.36. The summed E-state index contributed by atoms with van der Waals surface area (Å²) in [4.78, 5) is 0. The molecule has 0 fully saturated rings. The van der Waals surface area contributed by atoms with Crippen molar-refractivity contribution < 1.29 is 4.74 Å². The standard InChI is InChI=1S/C12H2Cl8O/c13-3-1-5(15)6(2-4(3)14)21-12-10(19)8(17)7(16)9(18)11(12)20/h1-2H. The Hall–Kier alpha value is 0.560. The zero-order valence-electron chi connectivity index (χ0n) is 9.59. The first-order valence-electron chi connectivity index (χ1n) is 5.07. The second-order valence-corrected chi connectivity index (χ2v) is 6.81. The lowest BCUT2D eigenvalue weighted by Crippen LogP contribution is -1.91. The summed E-state index contributed by atoms with van der Waals surface area (Å²) in [5.74, 6) is 0.197. The van der Waals surface area contributed by atoms with Gasteiger partial charge in [0.15, 0.2) is 5.75 Å². The summed E-state index contributed by atoms with van der Waals surface area (Å²) in [6.07, 6.45) is 0. The van der Waals surface area contributed by atoms with Gasteiger partial charge >= 0.3 is 0 Å². The molecule has 0 aromatic heterocycles. The summed E-state index contributed by atoms with van der Waals surface area (Å²) >= 11 is 47.7. The van der Waals surface area contributed by atoms with Crippen LogP contribution in [0.3, 0.4) is 0 Å². The first-order chi connectivity index (χ1) is 9.73. The Labute approximate surface area is 160 Å².